The average molecular weight is 530 g/mol. The zero-order chi connectivity index (χ0) is 27.2. The third kappa shape index (κ3) is 7.23. The van der Waals surface area contributed by atoms with Crippen molar-refractivity contribution >= 4 is 34.8 Å². The Balaban J connectivity index is 1.38. The van der Waals surface area contributed by atoms with Crippen molar-refractivity contribution in [1.82, 2.24) is 25.1 Å². The summed E-state index contributed by atoms with van der Waals surface area (Å²) in [5.74, 6) is 1.80. The van der Waals surface area contributed by atoms with Gasteiger partial charge in [-0.3, -0.25) is 14.5 Å². The van der Waals surface area contributed by atoms with Crippen LogP contribution in [0.3, 0.4) is 0 Å². The van der Waals surface area contributed by atoms with Gasteiger partial charge in [0.05, 0.1) is 0 Å². The molecule has 3 aromatic rings. The predicted octanol–water partition coefficient (Wildman–Crippen LogP) is 3.53. The number of carbonyl (C=O) groups excluding carboxylic acids is 2. The molecule has 1 saturated heterocycles. The quantitative estimate of drug-likeness (QED) is 0.462. The van der Waals surface area contributed by atoms with E-state index in [9.17, 15) is 9.59 Å². The van der Waals surface area contributed by atoms with E-state index < -0.39 is 6.04 Å². The number of ether oxygens (including phenoxy) is 1. The minimum atomic E-state index is -0.570. The summed E-state index contributed by atoms with van der Waals surface area (Å²) in [5.41, 5.74) is 2.94. The van der Waals surface area contributed by atoms with Crippen LogP contribution in [0, 0.1) is 5.92 Å². The lowest BCUT2D eigenvalue weighted by atomic mass is 10.0. The Labute approximate surface area is 228 Å². The van der Waals surface area contributed by atoms with E-state index in [4.69, 9.17) is 4.74 Å². The topological polar surface area (TPSA) is 112 Å². The summed E-state index contributed by atoms with van der Waals surface area (Å²) >= 11 is 0. The van der Waals surface area contributed by atoms with Crippen molar-refractivity contribution in [2.75, 3.05) is 43.4 Å². The molecular formula is C29H35N7O3. The summed E-state index contributed by atoms with van der Waals surface area (Å²) < 4.78 is 5.71. The summed E-state index contributed by atoms with van der Waals surface area (Å²) in [4.78, 5) is 39.1. The standard InChI is InChI=1S/C29H35N7O3/c1-20(2)14-25-29(38)36-12-10-35(11-13-36)17-21-4-3-5-23(15-21)33-27-16-26(30-19-31-27)32-22-6-8-24(9-7-22)39-18-28(37)34-25/h3-9,15-16,19-20,25H,10-14,17-18H2,1-2H3,(H,34,37)(H2,30,31,32,33). The fourth-order valence-corrected chi connectivity index (χ4v) is 4.85. The highest BCUT2D eigenvalue weighted by atomic mass is 16.5. The molecule has 0 saturated carbocycles. The Morgan fingerprint density at radius 2 is 1.64 bits per heavy atom. The van der Waals surface area contributed by atoms with Gasteiger partial charge in [-0.2, -0.15) is 0 Å². The van der Waals surface area contributed by atoms with Crippen molar-refractivity contribution in [2.45, 2.75) is 32.9 Å². The smallest absolute Gasteiger partial charge is 0.258 e. The molecular weight excluding hydrogens is 494 g/mol. The number of hydrogen-bond donors (Lipinski definition) is 3. The number of nitrogens with zero attached hydrogens (tertiary/aromatic N) is 4. The molecule has 10 nitrogen and oxygen atoms in total. The first-order chi connectivity index (χ1) is 18.9. The Hall–Kier alpha value is -4.18. The van der Waals surface area contributed by atoms with Gasteiger partial charge in [-0.1, -0.05) is 26.0 Å². The highest BCUT2D eigenvalue weighted by Crippen LogP contribution is 2.23. The van der Waals surface area contributed by atoms with Gasteiger partial charge in [0.15, 0.2) is 6.61 Å². The van der Waals surface area contributed by atoms with Crippen LogP contribution in [0.25, 0.3) is 0 Å². The van der Waals surface area contributed by atoms with E-state index in [2.05, 4.69) is 56.8 Å². The number of rotatable bonds is 2. The second-order valence-corrected chi connectivity index (χ2v) is 10.4. The number of nitrogens with one attached hydrogen (secondary N) is 3. The van der Waals surface area contributed by atoms with Crippen molar-refractivity contribution in [3.05, 3.63) is 66.5 Å². The van der Waals surface area contributed by atoms with Crippen LogP contribution in [0.15, 0.2) is 60.9 Å². The highest BCUT2D eigenvalue weighted by Gasteiger charge is 2.29. The van der Waals surface area contributed by atoms with Crippen molar-refractivity contribution in [1.29, 1.82) is 0 Å². The summed E-state index contributed by atoms with van der Waals surface area (Å²) in [5, 5.41) is 9.56. The fourth-order valence-electron chi connectivity index (χ4n) is 4.85. The third-order valence-electron chi connectivity index (χ3n) is 6.79. The lowest BCUT2D eigenvalue weighted by Gasteiger charge is -2.37. The Morgan fingerprint density at radius 1 is 0.923 bits per heavy atom. The molecule has 204 valence electrons. The molecule has 5 aliphatic heterocycles. The predicted molar refractivity (Wildman–Crippen MR) is 150 cm³/mol. The first-order valence-electron chi connectivity index (χ1n) is 13.4. The van der Waals surface area contributed by atoms with E-state index >= 15 is 0 Å². The molecule has 0 aliphatic carbocycles. The Bertz CT molecular complexity index is 1290. The van der Waals surface area contributed by atoms with E-state index in [1.807, 2.05) is 35.2 Å². The fraction of sp³-hybridized carbons (Fsp3) is 0.379. The normalized spacial score (nSPS) is 20.1. The van der Waals surface area contributed by atoms with Crippen molar-refractivity contribution in [2.24, 2.45) is 5.92 Å². The second kappa shape index (κ2) is 12.1. The van der Waals surface area contributed by atoms with Gasteiger partial charge < -0.3 is 25.6 Å². The number of hydrogen-bond acceptors (Lipinski definition) is 8. The van der Waals surface area contributed by atoms with Crippen LogP contribution in [0.2, 0.25) is 0 Å². The molecule has 3 N–H and O–H groups in total. The first kappa shape index (κ1) is 26.4. The van der Waals surface area contributed by atoms with Gasteiger partial charge in [0.25, 0.3) is 5.91 Å². The maximum Gasteiger partial charge on any atom is 0.258 e. The molecule has 10 heteroatoms. The van der Waals surface area contributed by atoms with Crippen molar-refractivity contribution < 1.29 is 14.3 Å². The summed E-state index contributed by atoms with van der Waals surface area (Å²) in [6.45, 7) is 7.52. The van der Waals surface area contributed by atoms with Crippen molar-refractivity contribution in [3.8, 4) is 5.75 Å². The van der Waals surface area contributed by atoms with Gasteiger partial charge in [0.1, 0.15) is 29.8 Å². The summed E-state index contributed by atoms with van der Waals surface area (Å²) in [6, 6.07) is 16.8. The molecule has 8 rings (SSSR count). The minimum Gasteiger partial charge on any atom is -0.484 e. The van der Waals surface area contributed by atoms with E-state index in [1.165, 1.54) is 11.9 Å². The van der Waals surface area contributed by atoms with Crippen LogP contribution in [-0.2, 0) is 16.1 Å². The molecule has 0 radical (unpaired) electrons. The Kier molecular flexibility index (Phi) is 8.21. The number of carbonyl (C=O) groups is 2. The number of benzene rings is 2. The maximum atomic E-state index is 13.4. The van der Waals surface area contributed by atoms with Crippen molar-refractivity contribution in [3.63, 3.8) is 0 Å². The second-order valence-electron chi connectivity index (χ2n) is 10.4. The SMILES string of the molecule is CC(C)CC1NC(=O)COc2ccc(cc2)Nc2cc(ncn2)Nc2cccc(c2)CN2CCN(CC2)C1=O. The maximum absolute atomic E-state index is 13.4. The average Bonchev–Trinajstić information content (AvgIpc) is 2.92. The lowest BCUT2D eigenvalue weighted by molar-refractivity contribution is -0.138. The largest absolute Gasteiger partial charge is 0.484 e. The van der Waals surface area contributed by atoms with E-state index in [0.29, 0.717) is 36.9 Å². The van der Waals surface area contributed by atoms with Crippen LogP contribution < -0.4 is 20.7 Å². The molecule has 0 spiro atoms. The third-order valence-corrected chi connectivity index (χ3v) is 6.79. The molecule has 1 unspecified atom stereocenters. The first-order valence-corrected chi connectivity index (χ1v) is 13.4. The van der Waals surface area contributed by atoms with Crippen LogP contribution in [-0.4, -0.2) is 70.4 Å². The zero-order valence-corrected chi connectivity index (χ0v) is 22.4. The molecule has 1 fully saturated rings. The lowest BCUT2D eigenvalue weighted by Crippen LogP contribution is -2.55. The molecule has 39 heavy (non-hydrogen) atoms. The van der Waals surface area contributed by atoms with Crippen LogP contribution in [0.4, 0.5) is 23.0 Å². The van der Waals surface area contributed by atoms with Crippen LogP contribution >= 0.6 is 0 Å². The van der Waals surface area contributed by atoms with Gasteiger partial charge >= 0.3 is 0 Å². The van der Waals surface area contributed by atoms with Crippen LogP contribution in [0.5, 0.6) is 5.75 Å². The van der Waals surface area contributed by atoms with Gasteiger partial charge in [-0.05, 0) is 54.3 Å². The van der Waals surface area contributed by atoms with Gasteiger partial charge in [-0.15, -0.1) is 0 Å². The van der Waals surface area contributed by atoms with E-state index in [1.54, 1.807) is 12.1 Å². The summed E-state index contributed by atoms with van der Waals surface area (Å²) in [7, 11) is 0. The molecule has 6 heterocycles. The number of amides is 2. The molecule has 2 amide bonds. The number of anilines is 4. The molecule has 1 atom stereocenters. The zero-order valence-electron chi connectivity index (χ0n) is 22.4. The molecule has 8 bridgehead atoms. The van der Waals surface area contributed by atoms with Gasteiger partial charge in [-0.25, -0.2) is 9.97 Å². The van der Waals surface area contributed by atoms with Gasteiger partial charge in [0.2, 0.25) is 5.91 Å². The minimum absolute atomic E-state index is 0.0282. The number of aromatic nitrogens is 2. The van der Waals surface area contributed by atoms with Crippen LogP contribution in [0.1, 0.15) is 25.8 Å². The summed E-state index contributed by atoms with van der Waals surface area (Å²) in [6.07, 6.45) is 2.09. The number of piperazine rings is 1. The van der Waals surface area contributed by atoms with Gasteiger partial charge in [0, 0.05) is 50.2 Å². The van der Waals surface area contributed by atoms with E-state index in [0.717, 1.165) is 31.0 Å². The monoisotopic (exact) mass is 529 g/mol. The Morgan fingerprint density at radius 3 is 2.36 bits per heavy atom. The molecule has 5 aliphatic rings. The molecule has 1 aromatic heterocycles. The van der Waals surface area contributed by atoms with E-state index in [-0.39, 0.29) is 24.3 Å². The molecule has 2 aromatic carbocycles. The highest BCUT2D eigenvalue weighted by molar-refractivity contribution is 5.88.